The van der Waals surface area contributed by atoms with E-state index in [4.69, 9.17) is 33.0 Å². The fourth-order valence-electron chi connectivity index (χ4n) is 8.84. The first-order valence-corrected chi connectivity index (χ1v) is 21.6. The number of rotatable bonds is 9. The van der Waals surface area contributed by atoms with Crippen molar-refractivity contribution in [2.45, 2.75) is 58.4 Å². The van der Waals surface area contributed by atoms with Crippen molar-refractivity contribution >= 4 is 66.6 Å². The Hall–Kier alpha value is -4.33. The van der Waals surface area contributed by atoms with Gasteiger partial charge in [-0.25, -0.2) is 8.42 Å². The van der Waals surface area contributed by atoms with Gasteiger partial charge in [0.05, 0.1) is 33.4 Å². The number of aryl methyl sites for hydroxylation is 6. The molecule has 0 radical (unpaired) electrons. The van der Waals surface area contributed by atoms with Gasteiger partial charge in [-0.3, -0.25) is 9.48 Å². The highest BCUT2D eigenvalue weighted by molar-refractivity contribution is 7.89. The molecule has 2 aliphatic rings. The van der Waals surface area contributed by atoms with E-state index in [-0.39, 0.29) is 16.8 Å². The van der Waals surface area contributed by atoms with Gasteiger partial charge in [0.1, 0.15) is 11.4 Å². The third kappa shape index (κ3) is 6.63. The molecule has 1 fully saturated rings. The largest absolute Gasteiger partial charge is 0.494 e. The Bertz CT molecular complexity index is 2680. The fraction of sp³-hybridized carbons (Fsp3) is 0.395. The quantitative estimate of drug-likeness (QED) is 0.136. The molecule has 0 saturated carbocycles. The Morgan fingerprint density at radius 1 is 0.895 bits per heavy atom. The van der Waals surface area contributed by atoms with Crippen LogP contribution in [0.5, 0.6) is 5.75 Å². The molecular formula is C43H49Cl2N7O4S. The van der Waals surface area contributed by atoms with E-state index in [1.165, 1.54) is 0 Å². The van der Waals surface area contributed by atoms with Crippen molar-refractivity contribution in [2.24, 2.45) is 14.1 Å². The molecular weight excluding hydrogens is 781 g/mol. The highest BCUT2D eigenvalue weighted by atomic mass is 35.5. The van der Waals surface area contributed by atoms with E-state index in [9.17, 15) is 8.42 Å². The Morgan fingerprint density at radius 3 is 2.26 bits per heavy atom. The van der Waals surface area contributed by atoms with E-state index < -0.39 is 10.0 Å². The number of aromatic nitrogens is 4. The van der Waals surface area contributed by atoms with Crippen LogP contribution < -0.4 is 9.64 Å². The number of piperazine rings is 1. The van der Waals surface area contributed by atoms with Gasteiger partial charge in [-0.15, -0.1) is 0 Å². The highest BCUT2D eigenvalue weighted by Crippen LogP contribution is 2.46. The smallest absolute Gasteiger partial charge is 0.275 e. The van der Waals surface area contributed by atoms with Gasteiger partial charge in [0.25, 0.3) is 5.91 Å². The Morgan fingerprint density at radius 2 is 1.60 bits per heavy atom. The summed E-state index contributed by atoms with van der Waals surface area (Å²) < 4.78 is 41.7. The highest BCUT2D eigenvalue weighted by Gasteiger charge is 2.38. The number of benzene rings is 3. The molecule has 3 aromatic heterocycles. The van der Waals surface area contributed by atoms with E-state index in [0.717, 1.165) is 66.4 Å². The van der Waals surface area contributed by atoms with Gasteiger partial charge in [0, 0.05) is 97.2 Å². The molecule has 0 spiro atoms. The number of hydrogen-bond donors (Lipinski definition) is 0. The zero-order valence-electron chi connectivity index (χ0n) is 33.8. The van der Waals surface area contributed by atoms with Crippen molar-refractivity contribution in [1.82, 2.24) is 28.1 Å². The second-order valence-corrected chi connectivity index (χ2v) is 18.5. The van der Waals surface area contributed by atoms with Crippen LogP contribution in [-0.4, -0.2) is 88.8 Å². The van der Waals surface area contributed by atoms with Crippen LogP contribution in [0.15, 0.2) is 53.6 Å². The van der Waals surface area contributed by atoms with Crippen LogP contribution in [0.2, 0.25) is 10.0 Å². The summed E-state index contributed by atoms with van der Waals surface area (Å²) in [5.41, 5.74) is 9.54. The molecule has 14 heteroatoms. The monoisotopic (exact) mass is 829 g/mol. The molecule has 0 aliphatic carbocycles. The molecule has 5 heterocycles. The van der Waals surface area contributed by atoms with Gasteiger partial charge in [0.15, 0.2) is 0 Å². The summed E-state index contributed by atoms with van der Waals surface area (Å²) in [6.07, 6.45) is 3.17. The Kier molecular flexibility index (Phi) is 10.3. The number of anilines is 1. The van der Waals surface area contributed by atoms with Crippen LogP contribution >= 0.6 is 23.2 Å². The Labute approximate surface area is 344 Å². The number of fused-ring (bicyclic) bond motifs is 4. The number of ether oxygens (including phenoxy) is 1. The van der Waals surface area contributed by atoms with Gasteiger partial charge in [-0.1, -0.05) is 29.3 Å². The van der Waals surface area contributed by atoms with Crippen LogP contribution in [0, 0.1) is 27.7 Å². The minimum Gasteiger partial charge on any atom is -0.494 e. The number of hydrogen-bond acceptors (Lipinski definition) is 6. The molecule has 11 nitrogen and oxygen atoms in total. The lowest BCUT2D eigenvalue weighted by Gasteiger charge is -2.34. The number of carbonyl (C=O) groups excluding carboxylic acids is 1. The lowest BCUT2D eigenvalue weighted by Crippen LogP contribution is -2.47. The number of nitrogens with zero attached hydrogens (tertiary/aromatic N) is 7. The molecule has 1 saturated heterocycles. The second kappa shape index (κ2) is 14.8. The number of amides is 1. The normalized spacial score (nSPS) is 17.0. The van der Waals surface area contributed by atoms with E-state index >= 15 is 4.79 Å². The van der Waals surface area contributed by atoms with Crippen molar-refractivity contribution < 1.29 is 17.9 Å². The van der Waals surface area contributed by atoms with E-state index in [1.54, 1.807) is 16.4 Å². The van der Waals surface area contributed by atoms with Crippen molar-refractivity contribution in [2.75, 3.05) is 51.3 Å². The standard InChI is InChI=1S/C43H49Cl2N7O4S/c1-25-20-30(21-26(2)40(25)45)56-19-9-10-32-33-12-13-35(44)39(38-28(4)46-49(8)29(38)5)41(33)52-27(3)23-51(43(53)42(32)52)37-24-48(7)36-14-11-31(22-34(36)37)57(54,55)50-17-15-47(6)16-18-50/h11-14,20-22,24,27H,9-10,15-19,23H2,1-8H3. The van der Waals surface area contributed by atoms with Gasteiger partial charge in [-0.2, -0.15) is 9.40 Å². The topological polar surface area (TPSA) is 97.8 Å². The average Bonchev–Trinajstić information content (AvgIpc) is 3.77. The van der Waals surface area contributed by atoms with Crippen LogP contribution in [0.3, 0.4) is 0 Å². The molecule has 6 aromatic rings. The Balaban J connectivity index is 1.24. The second-order valence-electron chi connectivity index (χ2n) is 15.8. The molecule has 0 N–H and O–H groups in total. The predicted octanol–water partition coefficient (Wildman–Crippen LogP) is 8.24. The average molecular weight is 831 g/mol. The molecule has 2 aliphatic heterocycles. The van der Waals surface area contributed by atoms with Crippen LogP contribution in [-0.2, 0) is 30.5 Å². The fourth-order valence-corrected chi connectivity index (χ4v) is 10.6. The lowest BCUT2D eigenvalue weighted by atomic mass is 9.98. The molecule has 3 aromatic carbocycles. The summed E-state index contributed by atoms with van der Waals surface area (Å²) in [7, 11) is 2.12. The summed E-state index contributed by atoms with van der Waals surface area (Å²) in [5.74, 6) is 0.612. The van der Waals surface area contributed by atoms with Gasteiger partial charge < -0.3 is 23.7 Å². The van der Waals surface area contributed by atoms with E-state index in [2.05, 4.69) is 16.4 Å². The molecule has 300 valence electrons. The maximum absolute atomic E-state index is 15.3. The van der Waals surface area contributed by atoms with Crippen LogP contribution in [0.25, 0.3) is 32.9 Å². The van der Waals surface area contributed by atoms with Crippen molar-refractivity contribution in [1.29, 1.82) is 0 Å². The van der Waals surface area contributed by atoms with Crippen molar-refractivity contribution in [3.05, 3.63) is 92.5 Å². The first kappa shape index (κ1) is 39.5. The number of likely N-dealkylation sites (N-methyl/N-ethyl adjacent to an activating group) is 1. The van der Waals surface area contributed by atoms with E-state index in [1.807, 2.05) is 99.5 Å². The maximum Gasteiger partial charge on any atom is 0.275 e. The van der Waals surface area contributed by atoms with Gasteiger partial charge in [0.2, 0.25) is 10.0 Å². The third-order valence-electron chi connectivity index (χ3n) is 11.9. The predicted molar refractivity (Wildman–Crippen MR) is 229 cm³/mol. The summed E-state index contributed by atoms with van der Waals surface area (Å²) in [6, 6.07) is 13.0. The third-order valence-corrected chi connectivity index (χ3v) is 14.7. The van der Waals surface area contributed by atoms with Crippen molar-refractivity contribution in [3.63, 3.8) is 0 Å². The van der Waals surface area contributed by atoms with Crippen LogP contribution in [0.1, 0.15) is 58.0 Å². The first-order chi connectivity index (χ1) is 27.1. The summed E-state index contributed by atoms with van der Waals surface area (Å²) >= 11 is 13.6. The molecule has 1 amide bonds. The van der Waals surface area contributed by atoms with Gasteiger partial charge in [-0.05, 0) is 108 Å². The SMILES string of the molecule is Cc1cc(OCCCc2c3n(c4c(-c5c(C)nn(C)c5C)c(Cl)ccc24)C(C)CN(c2cn(C)c4ccc(S(=O)(=O)N5CCN(C)CC5)cc24)C3=O)cc(C)c1Cl. The molecule has 57 heavy (non-hydrogen) atoms. The summed E-state index contributed by atoms with van der Waals surface area (Å²) in [4.78, 5) is 19.5. The van der Waals surface area contributed by atoms with Gasteiger partial charge >= 0.3 is 0 Å². The minimum absolute atomic E-state index is 0.147. The van der Waals surface area contributed by atoms with Crippen molar-refractivity contribution in [3.8, 4) is 16.9 Å². The summed E-state index contributed by atoms with van der Waals surface area (Å²) in [6.45, 7) is 13.1. The maximum atomic E-state index is 15.3. The molecule has 1 unspecified atom stereocenters. The number of halogens is 2. The van der Waals surface area contributed by atoms with E-state index in [0.29, 0.717) is 74.0 Å². The zero-order valence-corrected chi connectivity index (χ0v) is 36.1. The molecule has 8 rings (SSSR count). The lowest BCUT2D eigenvalue weighted by molar-refractivity contribution is 0.0957. The minimum atomic E-state index is -3.74. The van der Waals surface area contributed by atoms with Crippen LogP contribution in [0.4, 0.5) is 5.69 Å². The summed E-state index contributed by atoms with van der Waals surface area (Å²) in [5, 5.41) is 7.74. The number of sulfonamides is 1. The molecule has 1 atom stereocenters. The zero-order chi connectivity index (χ0) is 40.7. The first-order valence-electron chi connectivity index (χ1n) is 19.4. The number of carbonyl (C=O) groups is 1. The molecule has 0 bridgehead atoms.